The third-order valence-electron chi connectivity index (χ3n) is 10.0. The normalized spacial score (nSPS) is 42.8. The van der Waals surface area contributed by atoms with E-state index in [1.807, 2.05) is 19.3 Å². The summed E-state index contributed by atoms with van der Waals surface area (Å²) in [4.78, 5) is 25.7. The average Bonchev–Trinajstić information content (AvgIpc) is 3.19. The first kappa shape index (κ1) is 30.4. The Morgan fingerprint density at radius 1 is 1.23 bits per heavy atom. The fraction of sp³-hybridized carbons (Fsp3) is 0.862. The van der Waals surface area contributed by atoms with Crippen LogP contribution >= 0.6 is 11.8 Å². The van der Waals surface area contributed by atoms with Crippen LogP contribution in [0.25, 0.3) is 0 Å². The quantitative estimate of drug-likeness (QED) is 0.377. The van der Waals surface area contributed by atoms with Gasteiger partial charge in [-0.05, 0) is 75.1 Å². The summed E-state index contributed by atoms with van der Waals surface area (Å²) in [7, 11) is 0. The number of thioether (sulfide) groups is 1. The summed E-state index contributed by atoms with van der Waals surface area (Å²) in [6, 6.07) is 0. The molecule has 4 rings (SSSR count). The van der Waals surface area contributed by atoms with Gasteiger partial charge in [-0.25, -0.2) is 0 Å². The smallest absolute Gasteiger partial charge is 0.316 e. The van der Waals surface area contributed by atoms with Crippen LogP contribution in [-0.4, -0.2) is 54.2 Å². The van der Waals surface area contributed by atoms with Crippen LogP contribution in [0.4, 0.5) is 0 Å². The first-order valence-corrected chi connectivity index (χ1v) is 14.7. The molecule has 0 aromatic rings. The predicted molar refractivity (Wildman–Crippen MR) is 146 cm³/mol. The Bertz CT molecular complexity index is 743. The molecule has 0 aromatic carbocycles. The van der Waals surface area contributed by atoms with Crippen LogP contribution in [0.15, 0.2) is 12.7 Å². The van der Waals surface area contributed by atoms with E-state index in [1.54, 1.807) is 0 Å². The highest BCUT2D eigenvalue weighted by Gasteiger charge is 2.68. The lowest BCUT2D eigenvalue weighted by molar-refractivity contribution is -0.205. The molecule has 0 spiro atoms. The minimum Gasteiger partial charge on any atom is -0.461 e. The molecule has 1 saturated heterocycles. The summed E-state index contributed by atoms with van der Waals surface area (Å²) < 4.78 is 6.09. The van der Waals surface area contributed by atoms with Crippen molar-refractivity contribution in [2.75, 3.05) is 25.1 Å². The lowest BCUT2D eigenvalue weighted by Gasteiger charge is -2.61. The summed E-state index contributed by atoms with van der Waals surface area (Å²) >= 11 is 1.44. The van der Waals surface area contributed by atoms with Gasteiger partial charge in [0.15, 0.2) is 0 Å². The molecule has 3 saturated carbocycles. The number of Topliss-reactive ketones (excluding diaryl/α,β-unsaturated/α-hetero) is 1. The number of ketones is 1. The van der Waals surface area contributed by atoms with Crippen LogP contribution < -0.4 is 5.32 Å². The van der Waals surface area contributed by atoms with Crippen LogP contribution in [0, 0.1) is 34.0 Å². The monoisotopic (exact) mass is 509 g/mol. The van der Waals surface area contributed by atoms with Gasteiger partial charge in [0.25, 0.3) is 0 Å². The van der Waals surface area contributed by atoms with Gasteiger partial charge in [-0.2, -0.15) is 11.8 Å². The van der Waals surface area contributed by atoms with Gasteiger partial charge >= 0.3 is 5.97 Å². The van der Waals surface area contributed by atoms with Crippen molar-refractivity contribution in [3.05, 3.63) is 12.7 Å². The third kappa shape index (κ3) is 5.55. The zero-order valence-electron chi connectivity index (χ0n) is 22.0. The number of nitrogens with one attached hydrogen (secondary N) is 1. The van der Waals surface area contributed by atoms with Crippen LogP contribution in [0.5, 0.6) is 0 Å². The SMILES string of the molecule is C.C1CCNCC1.C=C[C@]1(C)C[C@@H](OC(=O)CSC)[C@]2(C)C(C)CCC3(CCC(=O)C32)[C@@H](C)C1O. The van der Waals surface area contributed by atoms with Crippen molar-refractivity contribution in [1.82, 2.24) is 5.32 Å². The Kier molecular flexibility index (Phi) is 10.5. The largest absolute Gasteiger partial charge is 0.461 e. The number of aliphatic hydroxyl groups is 1. The van der Waals surface area contributed by atoms with Crippen molar-refractivity contribution in [1.29, 1.82) is 0 Å². The maximum atomic E-state index is 13.2. The van der Waals surface area contributed by atoms with Crippen LogP contribution in [0.3, 0.4) is 0 Å². The van der Waals surface area contributed by atoms with Crippen molar-refractivity contribution in [3.8, 4) is 0 Å². The van der Waals surface area contributed by atoms with Crippen LogP contribution in [0.2, 0.25) is 0 Å². The van der Waals surface area contributed by atoms with Crippen molar-refractivity contribution in [3.63, 3.8) is 0 Å². The molecule has 202 valence electrons. The molecule has 2 N–H and O–H groups in total. The van der Waals surface area contributed by atoms with E-state index in [0.29, 0.717) is 24.4 Å². The number of hydrogen-bond acceptors (Lipinski definition) is 6. The summed E-state index contributed by atoms with van der Waals surface area (Å²) in [6.45, 7) is 15.0. The molecular weight excluding hydrogens is 458 g/mol. The molecule has 8 atom stereocenters. The van der Waals surface area contributed by atoms with E-state index >= 15 is 0 Å². The summed E-state index contributed by atoms with van der Waals surface area (Å²) in [5.74, 6) is 0.477. The standard InChI is InChI=1S/C23H36O4S.C5H11N.CH4/c1-7-21(4)12-17(27-18(25)13-28-6)22(5)14(2)8-10-23(15(3)20(21)26)11-9-16(24)19(22)23;1-2-4-6-5-3-1;/h7,14-15,17,19-20,26H,1,8-13H2,2-6H3;6H,1-5H2;1H4/t14?,15-,17+,19?,20?,21+,22-,23?;;/m0../s1. The Balaban J connectivity index is 0.000000539. The second-order valence-electron chi connectivity index (χ2n) is 11.8. The van der Waals surface area contributed by atoms with E-state index in [2.05, 4.69) is 32.7 Å². The highest BCUT2D eigenvalue weighted by Crippen LogP contribution is 2.67. The molecule has 5 nitrogen and oxygen atoms in total. The van der Waals surface area contributed by atoms with Crippen molar-refractivity contribution in [2.24, 2.45) is 34.0 Å². The third-order valence-corrected chi connectivity index (χ3v) is 10.6. The number of hydrogen-bond donors (Lipinski definition) is 2. The lowest BCUT2D eigenvalue weighted by atomic mass is 9.44. The van der Waals surface area contributed by atoms with Gasteiger partial charge < -0.3 is 15.2 Å². The molecule has 4 fully saturated rings. The van der Waals surface area contributed by atoms with E-state index in [0.717, 1.165) is 19.3 Å². The van der Waals surface area contributed by atoms with Gasteiger partial charge in [0.1, 0.15) is 11.9 Å². The number of piperidine rings is 1. The van der Waals surface area contributed by atoms with Gasteiger partial charge in [0.2, 0.25) is 0 Å². The number of carbonyl (C=O) groups is 2. The minimum absolute atomic E-state index is 0. The summed E-state index contributed by atoms with van der Waals surface area (Å²) in [5.41, 5.74) is -1.20. The summed E-state index contributed by atoms with van der Waals surface area (Å²) in [5, 5.41) is 14.7. The van der Waals surface area contributed by atoms with E-state index in [9.17, 15) is 14.7 Å². The maximum Gasteiger partial charge on any atom is 0.316 e. The molecule has 3 aliphatic carbocycles. The van der Waals surface area contributed by atoms with E-state index < -0.39 is 23.0 Å². The van der Waals surface area contributed by atoms with E-state index in [-0.39, 0.29) is 36.6 Å². The molecule has 4 unspecified atom stereocenters. The zero-order chi connectivity index (χ0) is 25.1. The number of ether oxygens (including phenoxy) is 1. The molecule has 0 aromatic heterocycles. The fourth-order valence-corrected chi connectivity index (χ4v) is 7.92. The van der Waals surface area contributed by atoms with Crippen molar-refractivity contribution >= 4 is 23.5 Å². The number of aliphatic hydroxyl groups excluding tert-OH is 1. The Morgan fingerprint density at radius 2 is 1.89 bits per heavy atom. The first-order chi connectivity index (χ1) is 16.1. The molecule has 1 heterocycles. The lowest BCUT2D eigenvalue weighted by Crippen LogP contribution is -2.63. The highest BCUT2D eigenvalue weighted by molar-refractivity contribution is 7.99. The molecule has 4 aliphatic rings. The van der Waals surface area contributed by atoms with E-state index in [1.165, 1.54) is 44.1 Å². The van der Waals surface area contributed by atoms with Crippen molar-refractivity contribution in [2.45, 2.75) is 98.7 Å². The molecular formula is C29H51NO4S. The van der Waals surface area contributed by atoms with Crippen molar-refractivity contribution < 1.29 is 19.4 Å². The summed E-state index contributed by atoms with van der Waals surface area (Å²) in [6.07, 6.45) is 10.8. The second-order valence-corrected chi connectivity index (χ2v) is 12.7. The Hall–Kier alpha value is -0.850. The van der Waals surface area contributed by atoms with E-state index in [4.69, 9.17) is 4.74 Å². The number of esters is 1. The van der Waals surface area contributed by atoms with Crippen LogP contribution in [-0.2, 0) is 14.3 Å². The van der Waals surface area contributed by atoms with Gasteiger partial charge in [-0.3, -0.25) is 9.59 Å². The Labute approximate surface area is 218 Å². The zero-order valence-corrected chi connectivity index (χ0v) is 22.8. The van der Waals surface area contributed by atoms with Gasteiger partial charge in [0, 0.05) is 23.2 Å². The van der Waals surface area contributed by atoms with Gasteiger partial charge in [-0.1, -0.05) is 47.6 Å². The molecule has 0 amide bonds. The highest BCUT2D eigenvalue weighted by atomic mass is 32.2. The second kappa shape index (κ2) is 12.1. The predicted octanol–water partition coefficient (Wildman–Crippen LogP) is 5.65. The topological polar surface area (TPSA) is 75.6 Å². The van der Waals surface area contributed by atoms with Crippen LogP contribution in [0.1, 0.15) is 86.5 Å². The minimum atomic E-state index is -0.613. The number of carbonyl (C=O) groups excluding carboxylic acids is 2. The number of rotatable bonds is 4. The molecule has 2 bridgehead atoms. The molecule has 6 heteroatoms. The van der Waals surface area contributed by atoms with Gasteiger partial charge in [-0.15, -0.1) is 6.58 Å². The van der Waals surface area contributed by atoms with Gasteiger partial charge in [0.05, 0.1) is 11.9 Å². The maximum absolute atomic E-state index is 13.2. The molecule has 1 aliphatic heterocycles. The fourth-order valence-electron chi connectivity index (χ4n) is 7.61. The Morgan fingerprint density at radius 3 is 2.40 bits per heavy atom. The molecule has 35 heavy (non-hydrogen) atoms. The first-order valence-electron chi connectivity index (χ1n) is 13.3. The molecule has 0 radical (unpaired) electrons. The average molecular weight is 510 g/mol.